The van der Waals surface area contributed by atoms with Gasteiger partial charge in [-0.05, 0) is 31.8 Å². The highest BCUT2D eigenvalue weighted by atomic mass is 16.7. The number of rotatable bonds is 1. The Morgan fingerprint density at radius 3 is 2.85 bits per heavy atom. The van der Waals surface area contributed by atoms with Crippen LogP contribution in [-0.2, 0) is 4.74 Å². The van der Waals surface area contributed by atoms with Gasteiger partial charge in [0.2, 0.25) is 0 Å². The Bertz CT molecular complexity index is 200. The van der Waals surface area contributed by atoms with Gasteiger partial charge in [-0.15, -0.1) is 0 Å². The summed E-state index contributed by atoms with van der Waals surface area (Å²) in [4.78, 5) is 10.2. The predicted molar refractivity (Wildman–Crippen MR) is 46.5 cm³/mol. The predicted octanol–water partition coefficient (Wildman–Crippen LogP) is 1.54. The monoisotopic (exact) mass is 186 g/mol. The molecule has 1 aliphatic rings. The minimum absolute atomic E-state index is 0.329. The maximum atomic E-state index is 10.2. The fraction of sp³-hybridized carbons (Fsp3) is 0.667. The second-order valence-corrected chi connectivity index (χ2v) is 3.16. The van der Waals surface area contributed by atoms with Crippen molar-refractivity contribution in [3.05, 3.63) is 12.2 Å². The largest absolute Gasteiger partial charge is 0.506 e. The van der Waals surface area contributed by atoms with E-state index < -0.39 is 12.3 Å². The Morgan fingerprint density at radius 1 is 1.38 bits per heavy atom. The van der Waals surface area contributed by atoms with Crippen LogP contribution in [-0.4, -0.2) is 28.6 Å². The molecule has 2 unspecified atom stereocenters. The molecule has 1 aliphatic carbocycles. The van der Waals surface area contributed by atoms with Crippen LogP contribution < -0.4 is 0 Å². The molecular formula is C9H14O4. The molecule has 4 nitrogen and oxygen atoms in total. The lowest BCUT2D eigenvalue weighted by Gasteiger charge is -2.17. The van der Waals surface area contributed by atoms with E-state index in [1.165, 1.54) is 0 Å². The second kappa shape index (κ2) is 4.87. The summed E-state index contributed by atoms with van der Waals surface area (Å²) in [7, 11) is 0. The summed E-state index contributed by atoms with van der Waals surface area (Å²) in [6.45, 7) is 0. The van der Waals surface area contributed by atoms with Gasteiger partial charge in [0.05, 0.1) is 6.10 Å². The molecule has 0 saturated heterocycles. The molecular weight excluding hydrogens is 172 g/mol. The Hall–Kier alpha value is -1.03. The Labute approximate surface area is 76.8 Å². The SMILES string of the molecule is O=C(O)OC1C=CCCC(O)CC1. The lowest BCUT2D eigenvalue weighted by atomic mass is 10.0. The summed E-state index contributed by atoms with van der Waals surface area (Å²) in [5, 5.41) is 17.7. The first-order valence-corrected chi connectivity index (χ1v) is 4.43. The molecule has 0 fully saturated rings. The number of carbonyl (C=O) groups is 1. The van der Waals surface area contributed by atoms with Crippen molar-refractivity contribution < 1.29 is 19.7 Å². The molecule has 0 saturated carbocycles. The standard InChI is InChI=1S/C9H14O4/c10-7-3-1-2-4-8(6-5-7)13-9(11)12/h2,4,7-8,10H,1,3,5-6H2,(H,11,12). The first-order valence-electron chi connectivity index (χ1n) is 4.43. The van der Waals surface area contributed by atoms with Crippen molar-refractivity contribution in [3.8, 4) is 0 Å². The normalized spacial score (nSPS) is 29.0. The summed E-state index contributed by atoms with van der Waals surface area (Å²) in [5.74, 6) is 0. The van der Waals surface area contributed by atoms with Crippen LogP contribution in [0.5, 0.6) is 0 Å². The first kappa shape index (κ1) is 10.1. The van der Waals surface area contributed by atoms with Gasteiger partial charge in [0.1, 0.15) is 6.10 Å². The Kier molecular flexibility index (Phi) is 3.76. The van der Waals surface area contributed by atoms with Crippen LogP contribution in [0, 0.1) is 0 Å². The molecule has 0 bridgehead atoms. The van der Waals surface area contributed by atoms with Crippen molar-refractivity contribution in [3.63, 3.8) is 0 Å². The van der Waals surface area contributed by atoms with Crippen LogP contribution in [0.3, 0.4) is 0 Å². The van der Waals surface area contributed by atoms with Crippen molar-refractivity contribution in [1.82, 2.24) is 0 Å². The second-order valence-electron chi connectivity index (χ2n) is 3.16. The van der Waals surface area contributed by atoms with Crippen LogP contribution >= 0.6 is 0 Å². The first-order chi connectivity index (χ1) is 6.18. The fourth-order valence-corrected chi connectivity index (χ4v) is 1.36. The summed E-state index contributed by atoms with van der Waals surface area (Å²) in [5.41, 5.74) is 0. The van der Waals surface area contributed by atoms with Gasteiger partial charge in [0.25, 0.3) is 0 Å². The van der Waals surface area contributed by atoms with Crippen LogP contribution in [0.2, 0.25) is 0 Å². The fourth-order valence-electron chi connectivity index (χ4n) is 1.36. The zero-order valence-electron chi connectivity index (χ0n) is 7.35. The van der Waals surface area contributed by atoms with E-state index in [9.17, 15) is 9.90 Å². The molecule has 1 rings (SSSR count). The van der Waals surface area contributed by atoms with Gasteiger partial charge >= 0.3 is 6.16 Å². The smallest absolute Gasteiger partial charge is 0.450 e. The molecule has 0 amide bonds. The number of allylic oxidation sites excluding steroid dienone is 1. The van der Waals surface area contributed by atoms with Crippen LogP contribution in [0.25, 0.3) is 0 Å². The molecule has 2 N–H and O–H groups in total. The molecule has 0 radical (unpaired) electrons. The van der Waals surface area contributed by atoms with Crippen LogP contribution in [0.1, 0.15) is 25.7 Å². The topological polar surface area (TPSA) is 66.8 Å². The molecule has 0 aliphatic heterocycles. The zero-order chi connectivity index (χ0) is 9.68. The molecule has 74 valence electrons. The maximum Gasteiger partial charge on any atom is 0.506 e. The molecule has 0 spiro atoms. The van der Waals surface area contributed by atoms with Gasteiger partial charge in [0.15, 0.2) is 0 Å². The van der Waals surface area contributed by atoms with Gasteiger partial charge in [-0.2, -0.15) is 0 Å². The average Bonchev–Trinajstić information content (AvgIpc) is 2.03. The molecule has 0 aromatic rings. The van der Waals surface area contributed by atoms with E-state index >= 15 is 0 Å². The quantitative estimate of drug-likeness (QED) is 0.481. The molecule has 0 aromatic heterocycles. The van der Waals surface area contributed by atoms with Crippen molar-refractivity contribution in [2.75, 3.05) is 0 Å². The van der Waals surface area contributed by atoms with Crippen molar-refractivity contribution in [2.24, 2.45) is 0 Å². The molecule has 0 aromatic carbocycles. The maximum absolute atomic E-state index is 10.2. The summed E-state index contributed by atoms with van der Waals surface area (Å²) in [6, 6.07) is 0. The van der Waals surface area contributed by atoms with E-state index in [0.717, 1.165) is 12.8 Å². The minimum Gasteiger partial charge on any atom is -0.450 e. The third-order valence-electron chi connectivity index (χ3n) is 2.05. The number of hydrogen-bond acceptors (Lipinski definition) is 3. The highest BCUT2D eigenvalue weighted by Crippen LogP contribution is 2.14. The van der Waals surface area contributed by atoms with Crippen LogP contribution in [0.4, 0.5) is 4.79 Å². The van der Waals surface area contributed by atoms with E-state index in [-0.39, 0.29) is 6.10 Å². The van der Waals surface area contributed by atoms with Gasteiger partial charge < -0.3 is 14.9 Å². The van der Waals surface area contributed by atoms with Crippen LogP contribution in [0.15, 0.2) is 12.2 Å². The van der Waals surface area contributed by atoms with Gasteiger partial charge in [-0.25, -0.2) is 4.79 Å². The van der Waals surface area contributed by atoms with E-state index in [1.54, 1.807) is 6.08 Å². The van der Waals surface area contributed by atoms with Gasteiger partial charge in [0, 0.05) is 0 Å². The number of aliphatic hydroxyl groups is 1. The highest BCUT2D eigenvalue weighted by Gasteiger charge is 2.14. The Balaban J connectivity index is 2.44. The Morgan fingerprint density at radius 2 is 2.15 bits per heavy atom. The lowest BCUT2D eigenvalue weighted by Crippen LogP contribution is -2.19. The molecule has 0 heterocycles. The lowest BCUT2D eigenvalue weighted by molar-refractivity contribution is 0.0555. The third kappa shape index (κ3) is 3.94. The number of aliphatic hydroxyl groups excluding tert-OH is 1. The number of carboxylic acid groups (broad SMARTS) is 1. The van der Waals surface area contributed by atoms with E-state index in [1.807, 2.05) is 6.08 Å². The zero-order valence-corrected chi connectivity index (χ0v) is 7.35. The third-order valence-corrected chi connectivity index (χ3v) is 2.05. The molecule has 2 atom stereocenters. The van der Waals surface area contributed by atoms with E-state index in [4.69, 9.17) is 5.11 Å². The summed E-state index contributed by atoms with van der Waals surface area (Å²) >= 11 is 0. The van der Waals surface area contributed by atoms with Gasteiger partial charge in [-0.1, -0.05) is 6.08 Å². The van der Waals surface area contributed by atoms with E-state index in [2.05, 4.69) is 4.74 Å². The highest BCUT2D eigenvalue weighted by molar-refractivity contribution is 5.57. The van der Waals surface area contributed by atoms with E-state index in [0.29, 0.717) is 12.8 Å². The molecule has 13 heavy (non-hydrogen) atoms. The number of hydrogen-bond donors (Lipinski definition) is 2. The minimum atomic E-state index is -1.26. The van der Waals surface area contributed by atoms with Crippen molar-refractivity contribution in [2.45, 2.75) is 37.9 Å². The number of ether oxygens (including phenoxy) is 1. The average molecular weight is 186 g/mol. The van der Waals surface area contributed by atoms with Crippen molar-refractivity contribution >= 4 is 6.16 Å². The van der Waals surface area contributed by atoms with Crippen molar-refractivity contribution in [1.29, 1.82) is 0 Å². The summed E-state index contributed by atoms with van der Waals surface area (Å²) < 4.78 is 4.59. The molecule has 4 heteroatoms. The summed E-state index contributed by atoms with van der Waals surface area (Å²) in [6.07, 6.45) is 4.31. The van der Waals surface area contributed by atoms with Gasteiger partial charge in [-0.3, -0.25) is 0 Å².